The molecular formula is C4H12N2S2. The van der Waals surface area contributed by atoms with E-state index in [2.05, 4.69) is 23.3 Å². The van der Waals surface area contributed by atoms with Gasteiger partial charge in [0, 0.05) is 5.92 Å². The van der Waals surface area contributed by atoms with Gasteiger partial charge in [0.05, 0.1) is 5.84 Å². The zero-order valence-electron chi connectivity index (χ0n) is 5.05. The average Bonchev–Trinajstić information content (AvgIpc) is 1.72. The summed E-state index contributed by atoms with van der Waals surface area (Å²) in [6.45, 7) is 3.78. The van der Waals surface area contributed by atoms with Gasteiger partial charge in [-0.2, -0.15) is 0 Å². The Morgan fingerprint density at radius 3 is 1.62 bits per heavy atom. The third-order valence-corrected chi connectivity index (χ3v) is 0.622. The molecule has 0 radical (unpaired) electrons. The molecule has 0 atom stereocenters. The largest absolute Gasteiger partial charge is 0.387 e. The number of rotatable bonds is 1. The highest BCUT2D eigenvalue weighted by Gasteiger charge is 1.91. The zero-order chi connectivity index (χ0) is 7.15. The van der Waals surface area contributed by atoms with Crippen molar-refractivity contribution in [3.63, 3.8) is 0 Å². The van der Waals surface area contributed by atoms with Crippen LogP contribution < -0.4 is 5.73 Å². The van der Waals surface area contributed by atoms with E-state index in [4.69, 9.17) is 11.1 Å². The topological polar surface area (TPSA) is 49.9 Å². The molecule has 4 heteroatoms. The molecule has 0 unspecified atom stereocenters. The fourth-order valence-electron chi connectivity index (χ4n) is 0. The molecule has 50 valence electrons. The molecule has 0 fully saturated rings. The van der Waals surface area contributed by atoms with Gasteiger partial charge in [-0.05, 0) is 0 Å². The van der Waals surface area contributed by atoms with Crippen LogP contribution in [-0.4, -0.2) is 5.84 Å². The summed E-state index contributed by atoms with van der Waals surface area (Å²) < 4.78 is 0. The maximum atomic E-state index is 6.73. The third kappa shape index (κ3) is 9.48. The van der Waals surface area contributed by atoms with Gasteiger partial charge in [-0.3, -0.25) is 5.41 Å². The van der Waals surface area contributed by atoms with Crippen LogP contribution in [0.25, 0.3) is 0 Å². The molecule has 0 rings (SSSR count). The van der Waals surface area contributed by atoms with Gasteiger partial charge in [-0.1, -0.05) is 13.8 Å². The molecule has 0 heterocycles. The predicted octanol–water partition coefficient (Wildman–Crippen LogP) is 1.34. The van der Waals surface area contributed by atoms with E-state index in [0.717, 1.165) is 0 Å². The van der Waals surface area contributed by atoms with E-state index in [9.17, 15) is 0 Å². The number of hydrogen-bond donors (Lipinski definition) is 4. The lowest BCUT2D eigenvalue weighted by Gasteiger charge is -1.95. The molecule has 2 nitrogen and oxygen atoms in total. The van der Waals surface area contributed by atoms with Crippen molar-refractivity contribution in [2.45, 2.75) is 13.8 Å². The van der Waals surface area contributed by atoms with Crippen molar-refractivity contribution < 1.29 is 0 Å². The zero-order valence-corrected chi connectivity index (χ0v) is 6.84. The van der Waals surface area contributed by atoms with Crippen molar-refractivity contribution in [3.8, 4) is 0 Å². The van der Waals surface area contributed by atoms with E-state index >= 15 is 0 Å². The highest BCUT2D eigenvalue weighted by atomic mass is 33.1. The van der Waals surface area contributed by atoms with Gasteiger partial charge in [0.1, 0.15) is 0 Å². The summed E-state index contributed by atoms with van der Waals surface area (Å²) in [4.78, 5) is 0. The van der Waals surface area contributed by atoms with Gasteiger partial charge >= 0.3 is 0 Å². The van der Waals surface area contributed by atoms with E-state index < -0.39 is 0 Å². The molecule has 0 aromatic carbocycles. The lowest BCUT2D eigenvalue weighted by Crippen LogP contribution is -2.16. The van der Waals surface area contributed by atoms with E-state index in [1.54, 1.807) is 0 Å². The summed E-state index contributed by atoms with van der Waals surface area (Å²) >= 11 is 6.44. The molecule has 8 heavy (non-hydrogen) atoms. The summed E-state index contributed by atoms with van der Waals surface area (Å²) in [7, 11) is 0. The van der Waals surface area contributed by atoms with Crippen molar-refractivity contribution in [3.05, 3.63) is 0 Å². The SMILES string of the molecule is CC(C)C(=N)N.SS. The molecule has 0 spiro atoms. The fraction of sp³-hybridized carbons (Fsp3) is 0.750. The van der Waals surface area contributed by atoms with E-state index in [1.165, 1.54) is 0 Å². The maximum Gasteiger partial charge on any atom is 0.0931 e. The number of hydrogen-bond acceptors (Lipinski definition) is 3. The third-order valence-electron chi connectivity index (χ3n) is 0.622. The second-order valence-electron chi connectivity index (χ2n) is 1.61. The monoisotopic (exact) mass is 152 g/mol. The molecule has 0 aromatic heterocycles. The molecular weight excluding hydrogens is 140 g/mol. The predicted molar refractivity (Wildman–Crippen MR) is 44.7 cm³/mol. The normalized spacial score (nSPS) is 7.62. The molecule has 0 amide bonds. The summed E-state index contributed by atoms with van der Waals surface area (Å²) in [5.74, 6) is 0.472. The Morgan fingerprint density at radius 2 is 1.62 bits per heavy atom. The summed E-state index contributed by atoms with van der Waals surface area (Å²) in [6, 6.07) is 0. The van der Waals surface area contributed by atoms with Crippen LogP contribution in [0.15, 0.2) is 0 Å². The van der Waals surface area contributed by atoms with Crippen LogP contribution in [0.5, 0.6) is 0 Å². The smallest absolute Gasteiger partial charge is 0.0931 e. The number of nitrogens with two attached hydrogens (primary N) is 1. The highest BCUT2D eigenvalue weighted by molar-refractivity contribution is 8.59. The summed E-state index contributed by atoms with van der Waals surface area (Å²) in [6.07, 6.45) is 0. The van der Waals surface area contributed by atoms with Gasteiger partial charge in [-0.25, -0.2) is 0 Å². The van der Waals surface area contributed by atoms with Crippen LogP contribution >= 0.6 is 23.3 Å². The Morgan fingerprint density at radius 1 is 1.50 bits per heavy atom. The molecule has 0 aromatic rings. The Labute approximate surface area is 60.6 Å². The summed E-state index contributed by atoms with van der Waals surface area (Å²) in [5.41, 5.74) is 5.02. The lowest BCUT2D eigenvalue weighted by atomic mass is 10.2. The first-order valence-electron chi connectivity index (χ1n) is 2.18. The summed E-state index contributed by atoms with van der Waals surface area (Å²) in [5, 5.41) is 6.73. The standard InChI is InChI=1S/C4H10N2.H2S2/c1-3(2)4(5)6;1-2/h3H,1-2H3,(H3,5,6);1-2H. The Balaban J connectivity index is 0. The van der Waals surface area contributed by atoms with Crippen LogP contribution in [0.2, 0.25) is 0 Å². The molecule has 0 saturated heterocycles. The lowest BCUT2D eigenvalue weighted by molar-refractivity contribution is 0.865. The Kier molecular flexibility index (Phi) is 9.89. The van der Waals surface area contributed by atoms with Gasteiger partial charge in [0.15, 0.2) is 0 Å². The average molecular weight is 152 g/mol. The first kappa shape index (κ1) is 11.0. The second kappa shape index (κ2) is 7.17. The van der Waals surface area contributed by atoms with Gasteiger partial charge in [0.25, 0.3) is 0 Å². The molecule has 0 aliphatic carbocycles. The maximum absolute atomic E-state index is 6.73. The molecule has 0 aliphatic rings. The Bertz CT molecular complexity index is 63.1. The van der Waals surface area contributed by atoms with E-state index in [-0.39, 0.29) is 11.8 Å². The first-order valence-corrected chi connectivity index (χ1v) is 3.78. The molecule has 0 aliphatic heterocycles. The number of thiol groups is 2. The van der Waals surface area contributed by atoms with Crippen molar-refractivity contribution in [2.24, 2.45) is 11.7 Å². The molecule has 0 saturated carbocycles. The van der Waals surface area contributed by atoms with E-state index in [0.29, 0.717) is 0 Å². The molecule has 3 N–H and O–H groups in total. The van der Waals surface area contributed by atoms with Crippen molar-refractivity contribution >= 4 is 29.2 Å². The molecule has 0 bridgehead atoms. The van der Waals surface area contributed by atoms with Crippen LogP contribution in [0.1, 0.15) is 13.8 Å². The highest BCUT2D eigenvalue weighted by Crippen LogP contribution is 1.85. The van der Waals surface area contributed by atoms with Crippen molar-refractivity contribution in [1.82, 2.24) is 0 Å². The van der Waals surface area contributed by atoms with Crippen LogP contribution in [-0.2, 0) is 0 Å². The quantitative estimate of drug-likeness (QED) is 0.195. The second-order valence-corrected chi connectivity index (χ2v) is 1.61. The van der Waals surface area contributed by atoms with Gasteiger partial charge in [0.2, 0.25) is 0 Å². The van der Waals surface area contributed by atoms with Crippen molar-refractivity contribution in [2.75, 3.05) is 0 Å². The van der Waals surface area contributed by atoms with E-state index in [1.807, 2.05) is 13.8 Å². The van der Waals surface area contributed by atoms with Gasteiger partial charge < -0.3 is 5.73 Å². The van der Waals surface area contributed by atoms with Crippen LogP contribution in [0.3, 0.4) is 0 Å². The van der Waals surface area contributed by atoms with Crippen molar-refractivity contribution in [1.29, 1.82) is 5.41 Å². The number of amidine groups is 1. The van der Waals surface area contributed by atoms with Crippen LogP contribution in [0, 0.1) is 11.3 Å². The first-order chi connectivity index (χ1) is 3.64. The minimum atomic E-state index is 0.213. The minimum absolute atomic E-state index is 0.213. The van der Waals surface area contributed by atoms with Gasteiger partial charge in [-0.15, -0.1) is 23.3 Å². The fourth-order valence-corrected chi connectivity index (χ4v) is 0. The number of nitrogens with one attached hydrogen (secondary N) is 1. The Hall–Kier alpha value is 0.170. The minimum Gasteiger partial charge on any atom is -0.387 e. The van der Waals surface area contributed by atoms with Crippen LogP contribution in [0.4, 0.5) is 0 Å².